The molecule has 19 heavy (non-hydrogen) atoms. The molecule has 108 valence electrons. The van der Waals surface area contributed by atoms with Crippen molar-refractivity contribution in [3.05, 3.63) is 23.3 Å². The third-order valence-electron chi connectivity index (χ3n) is 4.46. The topological polar surface area (TPSA) is 9.23 Å². The minimum atomic E-state index is -1.27. The number of ether oxygens (including phenoxy) is 1. The van der Waals surface area contributed by atoms with E-state index in [0.717, 1.165) is 5.75 Å². The Labute approximate surface area is 120 Å². The van der Waals surface area contributed by atoms with E-state index in [1.54, 1.807) is 5.19 Å². The Morgan fingerprint density at radius 2 is 1.37 bits per heavy atom. The molecule has 0 N–H and O–H groups in total. The first-order valence-electron chi connectivity index (χ1n) is 7.68. The van der Waals surface area contributed by atoms with Gasteiger partial charge in [0.05, 0.1) is 14.2 Å². The molecular weight excluding hydrogens is 248 g/mol. The van der Waals surface area contributed by atoms with Crippen LogP contribution in [0, 0.1) is 13.8 Å². The van der Waals surface area contributed by atoms with Crippen molar-refractivity contribution in [1.82, 2.24) is 0 Å². The second-order valence-electron chi connectivity index (χ2n) is 5.95. The van der Waals surface area contributed by atoms with Crippen molar-refractivity contribution >= 4 is 13.3 Å². The standard InChI is InChI=1S/C17H30OSi/c1-8-19(9-2,10-3)16-11-14(6)17(15(7)12-16)18-13(4)5/h11-13H,8-10H2,1-7H3. The Kier molecular flexibility index (Phi) is 5.66. The van der Waals surface area contributed by atoms with Crippen molar-refractivity contribution in [2.45, 2.75) is 72.7 Å². The van der Waals surface area contributed by atoms with Gasteiger partial charge in [-0.25, -0.2) is 0 Å². The van der Waals surface area contributed by atoms with E-state index in [0.29, 0.717) is 0 Å². The van der Waals surface area contributed by atoms with Crippen LogP contribution in [0.25, 0.3) is 0 Å². The van der Waals surface area contributed by atoms with Gasteiger partial charge in [0, 0.05) is 0 Å². The number of aryl methyl sites for hydroxylation is 2. The fraction of sp³-hybridized carbons (Fsp3) is 0.647. The monoisotopic (exact) mass is 278 g/mol. The molecule has 0 atom stereocenters. The molecule has 0 aromatic heterocycles. The van der Waals surface area contributed by atoms with E-state index in [2.05, 4.69) is 60.6 Å². The highest BCUT2D eigenvalue weighted by Gasteiger charge is 2.30. The minimum absolute atomic E-state index is 0.244. The van der Waals surface area contributed by atoms with Gasteiger partial charge in [-0.05, 0) is 38.8 Å². The number of hydrogen-bond donors (Lipinski definition) is 0. The number of benzene rings is 1. The second kappa shape index (κ2) is 6.60. The lowest BCUT2D eigenvalue weighted by atomic mass is 10.1. The Hall–Kier alpha value is -0.763. The van der Waals surface area contributed by atoms with E-state index in [1.165, 1.54) is 29.3 Å². The Morgan fingerprint density at radius 3 is 1.68 bits per heavy atom. The molecule has 1 aromatic rings. The summed E-state index contributed by atoms with van der Waals surface area (Å²) in [6.07, 6.45) is 0.244. The van der Waals surface area contributed by atoms with Crippen molar-refractivity contribution < 1.29 is 4.74 Å². The smallest absolute Gasteiger partial charge is 0.125 e. The summed E-state index contributed by atoms with van der Waals surface area (Å²) in [6.45, 7) is 15.7. The average Bonchev–Trinajstić information content (AvgIpc) is 2.36. The van der Waals surface area contributed by atoms with Gasteiger partial charge in [0.25, 0.3) is 0 Å². The maximum Gasteiger partial charge on any atom is 0.125 e. The summed E-state index contributed by atoms with van der Waals surface area (Å²) in [5.41, 5.74) is 2.60. The van der Waals surface area contributed by atoms with Gasteiger partial charge < -0.3 is 4.74 Å². The van der Waals surface area contributed by atoms with Crippen LogP contribution in [-0.2, 0) is 0 Å². The summed E-state index contributed by atoms with van der Waals surface area (Å²) in [6, 6.07) is 8.80. The zero-order valence-electron chi connectivity index (χ0n) is 13.8. The molecule has 0 saturated carbocycles. The van der Waals surface area contributed by atoms with Gasteiger partial charge in [0.2, 0.25) is 0 Å². The second-order valence-corrected chi connectivity index (χ2v) is 11.2. The van der Waals surface area contributed by atoms with Crippen LogP contribution < -0.4 is 9.92 Å². The summed E-state index contributed by atoms with van der Waals surface area (Å²) in [5.74, 6) is 1.09. The fourth-order valence-corrected chi connectivity index (χ4v) is 6.81. The van der Waals surface area contributed by atoms with Gasteiger partial charge in [0.1, 0.15) is 5.75 Å². The largest absolute Gasteiger partial charge is 0.490 e. The molecule has 0 aliphatic heterocycles. The van der Waals surface area contributed by atoms with Crippen molar-refractivity contribution in [3.63, 3.8) is 0 Å². The third kappa shape index (κ3) is 3.41. The van der Waals surface area contributed by atoms with Crippen molar-refractivity contribution in [2.75, 3.05) is 0 Å². The molecule has 0 aliphatic carbocycles. The molecule has 0 spiro atoms. The molecular formula is C17H30OSi. The molecule has 0 heterocycles. The van der Waals surface area contributed by atoms with Crippen LogP contribution >= 0.6 is 0 Å². The van der Waals surface area contributed by atoms with Crippen molar-refractivity contribution in [3.8, 4) is 5.75 Å². The first kappa shape index (κ1) is 16.3. The molecule has 1 nitrogen and oxygen atoms in total. The lowest BCUT2D eigenvalue weighted by Gasteiger charge is -2.30. The minimum Gasteiger partial charge on any atom is -0.490 e. The quantitative estimate of drug-likeness (QED) is 0.679. The van der Waals surface area contributed by atoms with E-state index in [1.807, 2.05) is 0 Å². The van der Waals surface area contributed by atoms with Gasteiger partial charge in [-0.3, -0.25) is 0 Å². The lowest BCUT2D eigenvalue weighted by Crippen LogP contribution is -2.46. The van der Waals surface area contributed by atoms with Gasteiger partial charge in [-0.2, -0.15) is 0 Å². The average molecular weight is 279 g/mol. The van der Waals surface area contributed by atoms with Gasteiger partial charge >= 0.3 is 0 Å². The van der Waals surface area contributed by atoms with E-state index in [9.17, 15) is 0 Å². The molecule has 0 saturated heterocycles. The zero-order valence-corrected chi connectivity index (χ0v) is 14.8. The van der Waals surface area contributed by atoms with Crippen molar-refractivity contribution in [2.24, 2.45) is 0 Å². The Bertz CT molecular complexity index is 388. The van der Waals surface area contributed by atoms with Crippen LogP contribution in [0.3, 0.4) is 0 Å². The molecule has 1 rings (SSSR count). The van der Waals surface area contributed by atoms with E-state index >= 15 is 0 Å². The summed E-state index contributed by atoms with van der Waals surface area (Å²) in [5, 5.41) is 1.62. The zero-order chi connectivity index (χ0) is 14.6. The van der Waals surface area contributed by atoms with Gasteiger partial charge in [-0.1, -0.05) is 56.2 Å². The molecule has 0 bridgehead atoms. The van der Waals surface area contributed by atoms with Crippen molar-refractivity contribution in [1.29, 1.82) is 0 Å². The fourth-order valence-electron chi connectivity index (χ4n) is 3.04. The summed E-state index contributed by atoms with van der Waals surface area (Å²) in [4.78, 5) is 0. The Morgan fingerprint density at radius 1 is 0.947 bits per heavy atom. The van der Waals surface area contributed by atoms with Gasteiger partial charge in [0.15, 0.2) is 0 Å². The highest BCUT2D eigenvalue weighted by atomic mass is 28.3. The summed E-state index contributed by atoms with van der Waals surface area (Å²) < 4.78 is 5.96. The number of rotatable bonds is 6. The normalized spacial score (nSPS) is 12.0. The van der Waals surface area contributed by atoms with E-state index in [4.69, 9.17) is 4.74 Å². The van der Waals surface area contributed by atoms with E-state index < -0.39 is 8.07 Å². The highest BCUT2D eigenvalue weighted by Crippen LogP contribution is 2.27. The van der Waals surface area contributed by atoms with Crippen LogP contribution in [0.5, 0.6) is 5.75 Å². The molecule has 2 heteroatoms. The summed E-state index contributed by atoms with van der Waals surface area (Å²) >= 11 is 0. The molecule has 0 unspecified atom stereocenters. The predicted molar refractivity (Wildman–Crippen MR) is 88.5 cm³/mol. The molecule has 0 radical (unpaired) electrons. The van der Waals surface area contributed by atoms with Crippen LogP contribution in [0.2, 0.25) is 18.1 Å². The van der Waals surface area contributed by atoms with Crippen LogP contribution in [0.4, 0.5) is 0 Å². The van der Waals surface area contributed by atoms with Crippen LogP contribution in [-0.4, -0.2) is 14.2 Å². The first-order chi connectivity index (χ1) is 8.90. The highest BCUT2D eigenvalue weighted by molar-refractivity contribution is 6.91. The Balaban J connectivity index is 3.27. The van der Waals surface area contributed by atoms with Crippen LogP contribution in [0.15, 0.2) is 12.1 Å². The summed E-state index contributed by atoms with van der Waals surface area (Å²) in [7, 11) is -1.27. The molecule has 0 aliphatic rings. The lowest BCUT2D eigenvalue weighted by molar-refractivity contribution is 0.239. The molecule has 1 aromatic carbocycles. The molecule has 0 amide bonds. The third-order valence-corrected chi connectivity index (χ3v) is 10.0. The number of hydrogen-bond acceptors (Lipinski definition) is 1. The maximum absolute atomic E-state index is 5.96. The van der Waals surface area contributed by atoms with E-state index in [-0.39, 0.29) is 6.10 Å². The van der Waals surface area contributed by atoms with Crippen LogP contribution in [0.1, 0.15) is 45.7 Å². The predicted octanol–water partition coefficient (Wildman–Crippen LogP) is 4.81. The SMILES string of the molecule is CC[Si](CC)(CC)c1cc(C)c(OC(C)C)c(C)c1. The maximum atomic E-state index is 5.96. The molecule has 0 fully saturated rings. The first-order valence-corrected chi connectivity index (χ1v) is 10.3. The van der Waals surface area contributed by atoms with Gasteiger partial charge in [-0.15, -0.1) is 0 Å².